The Hall–Kier alpha value is -1.04. The molecule has 0 unspecified atom stereocenters. The van der Waals surface area contributed by atoms with Crippen LogP contribution in [0.3, 0.4) is 0 Å². The first kappa shape index (κ1) is 19.0. The van der Waals surface area contributed by atoms with Crippen molar-refractivity contribution in [3.8, 4) is 0 Å². The number of hydrogen-bond acceptors (Lipinski definition) is 4. The highest BCUT2D eigenvalue weighted by molar-refractivity contribution is 5.85. The SMILES string of the molecule is CC(=O)N1CCN(c2ccc3c(n2)CCNCC3)CC1.Cl.Cl. The van der Waals surface area contributed by atoms with Crippen LogP contribution in [0.1, 0.15) is 18.2 Å². The number of carbonyl (C=O) groups is 1. The number of piperazine rings is 1. The summed E-state index contributed by atoms with van der Waals surface area (Å²) in [6.45, 7) is 7.06. The molecule has 1 fully saturated rings. The molecule has 1 N–H and O–H groups in total. The minimum atomic E-state index is 0. The molecule has 124 valence electrons. The van der Waals surface area contributed by atoms with Gasteiger partial charge in [-0.25, -0.2) is 4.98 Å². The zero-order valence-electron chi connectivity index (χ0n) is 12.9. The molecular weight excluding hydrogens is 323 g/mol. The lowest BCUT2D eigenvalue weighted by Crippen LogP contribution is -2.48. The van der Waals surface area contributed by atoms with Gasteiger partial charge in [-0.05, 0) is 24.6 Å². The fourth-order valence-corrected chi connectivity index (χ4v) is 2.94. The van der Waals surface area contributed by atoms with E-state index in [0.717, 1.165) is 57.9 Å². The number of hydrogen-bond donors (Lipinski definition) is 1. The molecule has 1 aromatic heterocycles. The van der Waals surface area contributed by atoms with Crippen LogP contribution in [0.5, 0.6) is 0 Å². The average Bonchev–Trinajstić information content (AvgIpc) is 2.71. The Labute approximate surface area is 144 Å². The number of anilines is 1. The molecule has 0 radical (unpaired) electrons. The molecule has 22 heavy (non-hydrogen) atoms. The fraction of sp³-hybridized carbons (Fsp3) is 0.600. The molecular formula is C15H24Cl2N4O. The van der Waals surface area contributed by atoms with Gasteiger partial charge in [0.15, 0.2) is 0 Å². The molecule has 7 heteroatoms. The third-order valence-electron chi connectivity index (χ3n) is 4.21. The van der Waals surface area contributed by atoms with E-state index in [9.17, 15) is 4.79 Å². The van der Waals surface area contributed by atoms with Crippen LogP contribution in [0.15, 0.2) is 12.1 Å². The van der Waals surface area contributed by atoms with E-state index in [1.807, 2.05) is 4.90 Å². The molecule has 0 aromatic carbocycles. The first-order valence-electron chi connectivity index (χ1n) is 7.44. The summed E-state index contributed by atoms with van der Waals surface area (Å²) in [6, 6.07) is 4.36. The van der Waals surface area contributed by atoms with Gasteiger partial charge in [0.2, 0.25) is 5.91 Å². The lowest BCUT2D eigenvalue weighted by atomic mass is 10.1. The van der Waals surface area contributed by atoms with E-state index < -0.39 is 0 Å². The summed E-state index contributed by atoms with van der Waals surface area (Å²) in [4.78, 5) is 20.4. The predicted molar refractivity (Wildman–Crippen MR) is 93.5 cm³/mol. The van der Waals surface area contributed by atoms with Crippen LogP contribution in [-0.4, -0.2) is 55.1 Å². The molecule has 0 bridgehead atoms. The lowest BCUT2D eigenvalue weighted by Gasteiger charge is -2.35. The summed E-state index contributed by atoms with van der Waals surface area (Å²) in [5.74, 6) is 1.24. The van der Waals surface area contributed by atoms with Gasteiger partial charge in [0.05, 0.1) is 0 Å². The molecule has 0 saturated carbocycles. The van der Waals surface area contributed by atoms with E-state index >= 15 is 0 Å². The molecule has 2 aliphatic heterocycles. The van der Waals surface area contributed by atoms with Crippen LogP contribution in [0.25, 0.3) is 0 Å². The normalized spacial score (nSPS) is 17.7. The number of halogens is 2. The Balaban J connectivity index is 0.00000121. The Kier molecular flexibility index (Phi) is 7.39. The molecule has 5 nitrogen and oxygen atoms in total. The van der Waals surface area contributed by atoms with E-state index in [-0.39, 0.29) is 30.7 Å². The topological polar surface area (TPSA) is 48.5 Å². The van der Waals surface area contributed by atoms with Crippen molar-refractivity contribution in [1.82, 2.24) is 15.2 Å². The maximum Gasteiger partial charge on any atom is 0.219 e. The van der Waals surface area contributed by atoms with E-state index in [0.29, 0.717) is 0 Å². The molecule has 0 aliphatic carbocycles. The standard InChI is InChI=1S/C15H22N4O.2ClH/c1-12(20)18-8-10-19(11-9-18)15-3-2-13-4-6-16-7-5-14(13)17-15;;/h2-3,16H,4-11H2,1H3;2*1H. The van der Waals surface area contributed by atoms with Crippen molar-refractivity contribution < 1.29 is 4.79 Å². The van der Waals surface area contributed by atoms with Crippen LogP contribution in [-0.2, 0) is 17.6 Å². The highest BCUT2D eigenvalue weighted by atomic mass is 35.5. The predicted octanol–water partition coefficient (Wildman–Crippen LogP) is 1.28. The van der Waals surface area contributed by atoms with Crippen molar-refractivity contribution in [3.63, 3.8) is 0 Å². The number of pyridine rings is 1. The quantitative estimate of drug-likeness (QED) is 0.832. The van der Waals surface area contributed by atoms with Crippen LogP contribution in [0.2, 0.25) is 0 Å². The molecule has 1 saturated heterocycles. The third kappa shape index (κ3) is 4.24. The van der Waals surface area contributed by atoms with Crippen molar-refractivity contribution in [2.24, 2.45) is 0 Å². The van der Waals surface area contributed by atoms with Gasteiger partial charge in [0, 0.05) is 51.8 Å². The Bertz CT molecular complexity index is 504. The van der Waals surface area contributed by atoms with Gasteiger partial charge < -0.3 is 15.1 Å². The van der Waals surface area contributed by atoms with Crippen molar-refractivity contribution in [2.45, 2.75) is 19.8 Å². The first-order chi connectivity index (χ1) is 9.74. The fourth-order valence-electron chi connectivity index (χ4n) is 2.94. The number of amides is 1. The van der Waals surface area contributed by atoms with Gasteiger partial charge >= 0.3 is 0 Å². The second-order valence-electron chi connectivity index (χ2n) is 5.52. The van der Waals surface area contributed by atoms with E-state index in [1.165, 1.54) is 11.3 Å². The molecule has 1 amide bonds. The minimum absolute atomic E-state index is 0. The van der Waals surface area contributed by atoms with E-state index in [2.05, 4.69) is 22.3 Å². The van der Waals surface area contributed by atoms with Crippen molar-refractivity contribution in [3.05, 3.63) is 23.4 Å². The number of fused-ring (bicyclic) bond motifs is 1. The smallest absolute Gasteiger partial charge is 0.219 e. The largest absolute Gasteiger partial charge is 0.353 e. The Morgan fingerprint density at radius 2 is 1.77 bits per heavy atom. The average molecular weight is 347 g/mol. The van der Waals surface area contributed by atoms with Crippen molar-refractivity contribution >= 4 is 36.5 Å². The maximum absolute atomic E-state index is 11.4. The van der Waals surface area contributed by atoms with Gasteiger partial charge in [-0.15, -0.1) is 24.8 Å². The number of aromatic nitrogens is 1. The monoisotopic (exact) mass is 346 g/mol. The van der Waals surface area contributed by atoms with E-state index in [1.54, 1.807) is 6.92 Å². The van der Waals surface area contributed by atoms with Gasteiger partial charge in [0.25, 0.3) is 0 Å². The summed E-state index contributed by atoms with van der Waals surface area (Å²) in [7, 11) is 0. The summed E-state index contributed by atoms with van der Waals surface area (Å²) < 4.78 is 0. The summed E-state index contributed by atoms with van der Waals surface area (Å²) in [5, 5.41) is 3.41. The molecule has 0 atom stereocenters. The third-order valence-corrected chi connectivity index (χ3v) is 4.21. The molecule has 2 aliphatic rings. The molecule has 0 spiro atoms. The van der Waals surface area contributed by atoms with Crippen molar-refractivity contribution in [2.75, 3.05) is 44.2 Å². The van der Waals surface area contributed by atoms with Crippen molar-refractivity contribution in [1.29, 1.82) is 0 Å². The number of nitrogens with one attached hydrogen (secondary N) is 1. The van der Waals surface area contributed by atoms with Gasteiger partial charge in [-0.2, -0.15) is 0 Å². The second kappa shape index (κ2) is 8.56. The van der Waals surface area contributed by atoms with Crippen LogP contribution >= 0.6 is 24.8 Å². The minimum Gasteiger partial charge on any atom is -0.353 e. The highest BCUT2D eigenvalue weighted by Crippen LogP contribution is 2.19. The van der Waals surface area contributed by atoms with E-state index in [4.69, 9.17) is 4.98 Å². The van der Waals surface area contributed by atoms with Crippen LogP contribution in [0.4, 0.5) is 5.82 Å². The highest BCUT2D eigenvalue weighted by Gasteiger charge is 2.20. The van der Waals surface area contributed by atoms with Gasteiger partial charge in [-0.1, -0.05) is 6.07 Å². The second-order valence-corrected chi connectivity index (χ2v) is 5.52. The number of carbonyl (C=O) groups excluding carboxylic acids is 1. The van der Waals surface area contributed by atoms with Crippen LogP contribution in [0, 0.1) is 0 Å². The molecule has 3 heterocycles. The number of rotatable bonds is 1. The van der Waals surface area contributed by atoms with Gasteiger partial charge in [0.1, 0.15) is 5.82 Å². The summed E-state index contributed by atoms with van der Waals surface area (Å²) in [6.07, 6.45) is 2.08. The summed E-state index contributed by atoms with van der Waals surface area (Å²) in [5.41, 5.74) is 2.61. The van der Waals surface area contributed by atoms with Gasteiger partial charge in [-0.3, -0.25) is 4.79 Å². The molecule has 3 rings (SSSR count). The number of nitrogens with zero attached hydrogens (tertiary/aromatic N) is 3. The Morgan fingerprint density at radius 3 is 2.45 bits per heavy atom. The maximum atomic E-state index is 11.4. The molecule has 1 aromatic rings. The lowest BCUT2D eigenvalue weighted by molar-refractivity contribution is -0.129. The zero-order valence-corrected chi connectivity index (χ0v) is 14.5. The zero-order chi connectivity index (χ0) is 13.9. The summed E-state index contributed by atoms with van der Waals surface area (Å²) >= 11 is 0. The Morgan fingerprint density at radius 1 is 1.09 bits per heavy atom. The first-order valence-corrected chi connectivity index (χ1v) is 7.44. The van der Waals surface area contributed by atoms with Crippen LogP contribution < -0.4 is 10.2 Å².